The van der Waals surface area contributed by atoms with Crippen LogP contribution in [0.5, 0.6) is 0 Å². The van der Waals surface area contributed by atoms with Crippen molar-refractivity contribution in [2.24, 2.45) is 0 Å². The molecule has 116 valence electrons. The van der Waals surface area contributed by atoms with Crippen LogP contribution in [0.1, 0.15) is 36.6 Å². The van der Waals surface area contributed by atoms with E-state index >= 15 is 0 Å². The molecular formula is C19H23NOS. The fraction of sp³-hybridized carbons (Fsp3) is 0.316. The molecule has 0 aliphatic rings. The van der Waals surface area contributed by atoms with Gasteiger partial charge in [-0.05, 0) is 51.0 Å². The number of carbonyl (C=O) groups is 1. The van der Waals surface area contributed by atoms with E-state index in [0.29, 0.717) is 0 Å². The Bertz CT molecular complexity index is 639. The van der Waals surface area contributed by atoms with Gasteiger partial charge in [0.1, 0.15) is 0 Å². The second kappa shape index (κ2) is 7.50. The van der Waals surface area contributed by atoms with Crippen molar-refractivity contribution in [1.29, 1.82) is 0 Å². The van der Waals surface area contributed by atoms with Gasteiger partial charge < -0.3 is 5.32 Å². The van der Waals surface area contributed by atoms with E-state index in [2.05, 4.69) is 37.4 Å². The average Bonchev–Trinajstić information content (AvgIpc) is 2.50. The summed E-state index contributed by atoms with van der Waals surface area (Å²) in [6.45, 7) is 8.15. The molecule has 0 saturated heterocycles. The summed E-state index contributed by atoms with van der Waals surface area (Å²) in [5, 5.41) is 3.01. The molecular weight excluding hydrogens is 290 g/mol. The maximum absolute atomic E-state index is 12.4. The van der Waals surface area contributed by atoms with Crippen molar-refractivity contribution < 1.29 is 4.79 Å². The first kappa shape index (κ1) is 16.6. The summed E-state index contributed by atoms with van der Waals surface area (Å²) in [7, 11) is 0. The first-order chi connectivity index (χ1) is 10.5. The summed E-state index contributed by atoms with van der Waals surface area (Å²) in [6.07, 6.45) is 0. The molecule has 0 saturated carbocycles. The maximum atomic E-state index is 12.4. The van der Waals surface area contributed by atoms with E-state index in [1.165, 1.54) is 16.7 Å². The highest BCUT2D eigenvalue weighted by atomic mass is 32.2. The predicted molar refractivity (Wildman–Crippen MR) is 94.2 cm³/mol. The number of benzene rings is 2. The lowest BCUT2D eigenvalue weighted by Gasteiger charge is -2.20. The molecule has 22 heavy (non-hydrogen) atoms. The maximum Gasteiger partial charge on any atom is 0.233 e. The molecule has 2 rings (SSSR count). The third-order valence-electron chi connectivity index (χ3n) is 3.69. The van der Waals surface area contributed by atoms with Crippen molar-refractivity contribution in [1.82, 2.24) is 5.32 Å². The van der Waals surface area contributed by atoms with E-state index in [9.17, 15) is 4.79 Å². The van der Waals surface area contributed by atoms with Crippen LogP contribution in [-0.2, 0) is 4.79 Å². The Morgan fingerprint density at radius 1 is 1.05 bits per heavy atom. The Morgan fingerprint density at radius 3 is 2.41 bits per heavy atom. The molecule has 0 heterocycles. The second-order valence-corrected chi connectivity index (χ2v) is 7.08. The van der Waals surface area contributed by atoms with E-state index in [0.717, 1.165) is 4.90 Å². The lowest BCUT2D eigenvalue weighted by Crippen LogP contribution is -2.33. The number of nitrogens with one attached hydrogen (secondary N) is 1. The second-order valence-electron chi connectivity index (χ2n) is 5.66. The number of hydrogen-bond acceptors (Lipinski definition) is 2. The lowest BCUT2D eigenvalue weighted by molar-refractivity contribution is -0.120. The Hall–Kier alpha value is -1.74. The minimum Gasteiger partial charge on any atom is -0.349 e. The average molecular weight is 313 g/mol. The highest BCUT2D eigenvalue weighted by Crippen LogP contribution is 2.24. The number of aryl methyl sites for hydroxylation is 2. The molecule has 0 fully saturated rings. The number of hydrogen-bond donors (Lipinski definition) is 1. The zero-order chi connectivity index (χ0) is 16.1. The normalized spacial score (nSPS) is 13.5. The van der Waals surface area contributed by atoms with Gasteiger partial charge in [-0.1, -0.05) is 42.0 Å². The molecule has 2 atom stereocenters. The van der Waals surface area contributed by atoms with Crippen molar-refractivity contribution in [2.75, 3.05) is 0 Å². The van der Waals surface area contributed by atoms with E-state index < -0.39 is 0 Å². The van der Waals surface area contributed by atoms with Crippen molar-refractivity contribution in [2.45, 2.75) is 43.9 Å². The summed E-state index contributed by atoms with van der Waals surface area (Å²) in [4.78, 5) is 13.5. The summed E-state index contributed by atoms with van der Waals surface area (Å²) in [5.41, 5.74) is 3.61. The third-order valence-corrected chi connectivity index (χ3v) is 4.80. The monoisotopic (exact) mass is 313 g/mol. The number of rotatable bonds is 5. The first-order valence-electron chi connectivity index (χ1n) is 7.56. The SMILES string of the molecule is Cc1ccc(C)c([C@@H](C)NC(=O)[C@@H](C)Sc2ccccc2)c1. The fourth-order valence-corrected chi connectivity index (χ4v) is 3.29. The Labute approximate surface area is 137 Å². The largest absolute Gasteiger partial charge is 0.349 e. The molecule has 2 aromatic rings. The molecule has 1 amide bonds. The molecule has 1 N–H and O–H groups in total. The van der Waals surface area contributed by atoms with E-state index in [1.807, 2.05) is 44.2 Å². The minimum atomic E-state index is -0.116. The van der Waals surface area contributed by atoms with Gasteiger partial charge in [0.2, 0.25) is 5.91 Å². The molecule has 0 unspecified atom stereocenters. The molecule has 2 nitrogen and oxygen atoms in total. The summed E-state index contributed by atoms with van der Waals surface area (Å²) in [6, 6.07) is 16.4. The zero-order valence-corrected chi connectivity index (χ0v) is 14.4. The highest BCUT2D eigenvalue weighted by molar-refractivity contribution is 8.00. The van der Waals surface area contributed by atoms with Crippen LogP contribution in [0, 0.1) is 13.8 Å². The Kier molecular flexibility index (Phi) is 5.67. The number of thioether (sulfide) groups is 1. The number of carbonyl (C=O) groups excluding carboxylic acids is 1. The summed E-state index contributed by atoms with van der Waals surface area (Å²) < 4.78 is 0. The van der Waals surface area contributed by atoms with Crippen LogP contribution in [0.15, 0.2) is 53.4 Å². The van der Waals surface area contributed by atoms with E-state index in [1.54, 1.807) is 11.8 Å². The summed E-state index contributed by atoms with van der Waals surface area (Å²) >= 11 is 1.58. The molecule has 0 spiro atoms. The minimum absolute atomic E-state index is 0.0197. The van der Waals surface area contributed by atoms with Crippen LogP contribution in [0.25, 0.3) is 0 Å². The van der Waals surface area contributed by atoms with Gasteiger partial charge in [-0.2, -0.15) is 0 Å². The van der Waals surface area contributed by atoms with Crippen LogP contribution < -0.4 is 5.32 Å². The predicted octanol–water partition coefficient (Wildman–Crippen LogP) is 4.66. The molecule has 0 aliphatic heterocycles. The Balaban J connectivity index is 2.00. The van der Waals surface area contributed by atoms with E-state index in [4.69, 9.17) is 0 Å². The molecule has 3 heteroatoms. The molecule has 0 bridgehead atoms. The Morgan fingerprint density at radius 2 is 1.73 bits per heavy atom. The van der Waals surface area contributed by atoms with Gasteiger partial charge in [0.15, 0.2) is 0 Å². The van der Waals surface area contributed by atoms with Gasteiger partial charge in [-0.3, -0.25) is 4.79 Å². The standard InChI is InChI=1S/C19H23NOS/c1-13-10-11-14(2)18(12-13)15(3)20-19(21)16(4)22-17-8-6-5-7-9-17/h5-12,15-16H,1-4H3,(H,20,21)/t15-,16-/m1/s1. The molecule has 2 aromatic carbocycles. The molecule has 0 aliphatic carbocycles. The van der Waals surface area contributed by atoms with Gasteiger partial charge in [0, 0.05) is 4.90 Å². The third kappa shape index (κ3) is 4.38. The van der Waals surface area contributed by atoms with Crippen molar-refractivity contribution in [3.8, 4) is 0 Å². The van der Waals surface area contributed by atoms with Crippen LogP contribution in [-0.4, -0.2) is 11.2 Å². The quantitative estimate of drug-likeness (QED) is 0.813. The van der Waals surface area contributed by atoms with Gasteiger partial charge >= 0.3 is 0 Å². The van der Waals surface area contributed by atoms with Crippen LogP contribution in [0.2, 0.25) is 0 Å². The van der Waals surface area contributed by atoms with Crippen molar-refractivity contribution in [3.63, 3.8) is 0 Å². The highest BCUT2D eigenvalue weighted by Gasteiger charge is 2.18. The topological polar surface area (TPSA) is 29.1 Å². The zero-order valence-electron chi connectivity index (χ0n) is 13.6. The van der Waals surface area contributed by atoms with Gasteiger partial charge in [-0.15, -0.1) is 11.8 Å². The van der Waals surface area contributed by atoms with Gasteiger partial charge in [-0.25, -0.2) is 0 Å². The van der Waals surface area contributed by atoms with Crippen LogP contribution in [0.3, 0.4) is 0 Å². The van der Waals surface area contributed by atoms with Gasteiger partial charge in [0.05, 0.1) is 11.3 Å². The lowest BCUT2D eigenvalue weighted by atomic mass is 10.00. The molecule has 0 aromatic heterocycles. The van der Waals surface area contributed by atoms with Gasteiger partial charge in [0.25, 0.3) is 0 Å². The summed E-state index contributed by atoms with van der Waals surface area (Å²) in [5.74, 6) is 0.0715. The van der Waals surface area contributed by atoms with Crippen molar-refractivity contribution in [3.05, 3.63) is 65.2 Å². The first-order valence-corrected chi connectivity index (χ1v) is 8.44. The van der Waals surface area contributed by atoms with Crippen molar-refractivity contribution >= 4 is 17.7 Å². The fourth-order valence-electron chi connectivity index (χ4n) is 2.39. The molecule has 0 radical (unpaired) electrons. The van der Waals surface area contributed by atoms with Crippen LogP contribution >= 0.6 is 11.8 Å². The number of amides is 1. The smallest absolute Gasteiger partial charge is 0.233 e. The van der Waals surface area contributed by atoms with E-state index in [-0.39, 0.29) is 17.2 Å². The van der Waals surface area contributed by atoms with Crippen LogP contribution in [0.4, 0.5) is 0 Å².